The first-order valence-electron chi connectivity index (χ1n) is 6.77. The number of hydrogen-bond acceptors (Lipinski definition) is 3. The SMILES string of the molecule is Cc1cc(CN)ccc1CN1CCn2ccnc2C1. The van der Waals surface area contributed by atoms with Gasteiger partial charge in [-0.15, -0.1) is 0 Å². The number of nitrogens with two attached hydrogens (primary N) is 1. The van der Waals surface area contributed by atoms with Crippen LogP contribution >= 0.6 is 0 Å². The Labute approximate surface area is 113 Å². The summed E-state index contributed by atoms with van der Waals surface area (Å²) in [5.74, 6) is 1.17. The number of rotatable bonds is 3. The van der Waals surface area contributed by atoms with Gasteiger partial charge in [-0.2, -0.15) is 0 Å². The van der Waals surface area contributed by atoms with Crippen molar-refractivity contribution in [3.8, 4) is 0 Å². The van der Waals surface area contributed by atoms with Gasteiger partial charge in [-0.05, 0) is 23.6 Å². The van der Waals surface area contributed by atoms with E-state index < -0.39 is 0 Å². The van der Waals surface area contributed by atoms with Crippen LogP contribution in [0.3, 0.4) is 0 Å². The van der Waals surface area contributed by atoms with E-state index in [1.165, 1.54) is 22.5 Å². The molecule has 3 rings (SSSR count). The second-order valence-electron chi connectivity index (χ2n) is 5.21. The lowest BCUT2D eigenvalue weighted by atomic mass is 10.0. The van der Waals surface area contributed by atoms with Crippen LogP contribution < -0.4 is 5.73 Å². The molecule has 0 aliphatic carbocycles. The number of hydrogen-bond donors (Lipinski definition) is 1. The van der Waals surface area contributed by atoms with Crippen LogP contribution in [0.15, 0.2) is 30.6 Å². The van der Waals surface area contributed by atoms with Crippen LogP contribution in [0, 0.1) is 6.92 Å². The molecule has 1 aromatic carbocycles. The molecule has 0 bridgehead atoms. The van der Waals surface area contributed by atoms with Gasteiger partial charge in [0.15, 0.2) is 0 Å². The molecular weight excluding hydrogens is 236 g/mol. The lowest BCUT2D eigenvalue weighted by Gasteiger charge is -2.28. The minimum Gasteiger partial charge on any atom is -0.333 e. The molecule has 4 nitrogen and oxygen atoms in total. The van der Waals surface area contributed by atoms with Gasteiger partial charge in [-0.3, -0.25) is 4.90 Å². The van der Waals surface area contributed by atoms with E-state index in [0.29, 0.717) is 6.54 Å². The Hall–Kier alpha value is -1.65. The quantitative estimate of drug-likeness (QED) is 0.908. The summed E-state index contributed by atoms with van der Waals surface area (Å²) in [4.78, 5) is 6.85. The maximum Gasteiger partial charge on any atom is 0.122 e. The maximum atomic E-state index is 5.67. The molecule has 0 atom stereocenters. The molecule has 0 radical (unpaired) electrons. The first-order valence-corrected chi connectivity index (χ1v) is 6.77. The molecule has 2 N–H and O–H groups in total. The maximum absolute atomic E-state index is 5.67. The third-order valence-corrected chi connectivity index (χ3v) is 3.86. The fourth-order valence-corrected chi connectivity index (χ4v) is 2.66. The van der Waals surface area contributed by atoms with Crippen molar-refractivity contribution in [2.75, 3.05) is 6.54 Å². The van der Waals surface area contributed by atoms with Crippen LogP contribution in [0.2, 0.25) is 0 Å². The van der Waals surface area contributed by atoms with Gasteiger partial charge in [0.1, 0.15) is 5.82 Å². The molecular formula is C15H20N4. The summed E-state index contributed by atoms with van der Waals surface area (Å²) in [6.45, 7) is 6.83. The number of aromatic nitrogens is 2. The van der Waals surface area contributed by atoms with E-state index in [1.807, 2.05) is 6.20 Å². The molecule has 1 aliphatic rings. The Morgan fingerprint density at radius 3 is 3.00 bits per heavy atom. The van der Waals surface area contributed by atoms with Gasteiger partial charge in [0.2, 0.25) is 0 Å². The van der Waals surface area contributed by atoms with Crippen LogP contribution in [-0.2, 0) is 26.2 Å². The number of aryl methyl sites for hydroxylation is 1. The summed E-state index contributed by atoms with van der Waals surface area (Å²) in [5.41, 5.74) is 9.59. The zero-order valence-corrected chi connectivity index (χ0v) is 11.3. The second-order valence-corrected chi connectivity index (χ2v) is 5.21. The topological polar surface area (TPSA) is 47.1 Å². The van der Waals surface area contributed by atoms with Gasteiger partial charge in [0.05, 0.1) is 6.54 Å². The summed E-state index contributed by atoms with van der Waals surface area (Å²) in [5, 5.41) is 0. The first kappa shape index (κ1) is 12.4. The standard InChI is InChI=1S/C15H20N4/c1-12-8-13(9-16)2-3-14(12)10-18-6-7-19-5-4-17-15(19)11-18/h2-5,8H,6-7,9-11,16H2,1H3. The Morgan fingerprint density at radius 2 is 2.21 bits per heavy atom. The van der Waals surface area contributed by atoms with Crippen LogP contribution in [0.5, 0.6) is 0 Å². The van der Waals surface area contributed by atoms with Crippen LogP contribution in [0.25, 0.3) is 0 Å². The highest BCUT2D eigenvalue weighted by Gasteiger charge is 2.17. The Kier molecular flexibility index (Phi) is 3.36. The highest BCUT2D eigenvalue weighted by atomic mass is 15.2. The zero-order chi connectivity index (χ0) is 13.2. The summed E-state index contributed by atoms with van der Waals surface area (Å²) >= 11 is 0. The molecule has 19 heavy (non-hydrogen) atoms. The number of benzene rings is 1. The number of nitrogens with zero attached hydrogens (tertiary/aromatic N) is 3. The molecule has 0 saturated carbocycles. The van der Waals surface area contributed by atoms with E-state index in [9.17, 15) is 0 Å². The van der Waals surface area contributed by atoms with Crippen molar-refractivity contribution in [1.29, 1.82) is 0 Å². The Balaban J connectivity index is 1.73. The smallest absolute Gasteiger partial charge is 0.122 e. The van der Waals surface area contributed by atoms with Gasteiger partial charge in [0, 0.05) is 38.6 Å². The lowest BCUT2D eigenvalue weighted by molar-refractivity contribution is 0.208. The van der Waals surface area contributed by atoms with E-state index in [1.54, 1.807) is 0 Å². The van der Waals surface area contributed by atoms with Crippen LogP contribution in [0.1, 0.15) is 22.5 Å². The van der Waals surface area contributed by atoms with E-state index >= 15 is 0 Å². The average molecular weight is 256 g/mol. The molecule has 0 fully saturated rings. The zero-order valence-electron chi connectivity index (χ0n) is 11.3. The average Bonchev–Trinajstić information content (AvgIpc) is 2.88. The van der Waals surface area contributed by atoms with Crippen molar-refractivity contribution < 1.29 is 0 Å². The first-order chi connectivity index (χ1) is 9.26. The molecule has 4 heteroatoms. The van der Waals surface area contributed by atoms with Gasteiger partial charge >= 0.3 is 0 Å². The third kappa shape index (κ3) is 2.55. The predicted octanol–water partition coefficient (Wildman–Crippen LogP) is 1.67. The molecule has 0 saturated heterocycles. The highest BCUT2D eigenvalue weighted by molar-refractivity contribution is 5.31. The van der Waals surface area contributed by atoms with Gasteiger partial charge < -0.3 is 10.3 Å². The molecule has 1 aromatic heterocycles. The summed E-state index contributed by atoms with van der Waals surface area (Å²) in [7, 11) is 0. The second kappa shape index (κ2) is 5.15. The molecule has 0 unspecified atom stereocenters. The van der Waals surface area contributed by atoms with Crippen molar-refractivity contribution in [2.24, 2.45) is 5.73 Å². The van der Waals surface area contributed by atoms with E-state index in [4.69, 9.17) is 5.73 Å². The van der Waals surface area contributed by atoms with Crippen LogP contribution in [-0.4, -0.2) is 21.0 Å². The minimum absolute atomic E-state index is 0.613. The van der Waals surface area contributed by atoms with Gasteiger partial charge in [0.25, 0.3) is 0 Å². The van der Waals surface area contributed by atoms with Gasteiger partial charge in [-0.1, -0.05) is 18.2 Å². The Bertz CT molecular complexity index is 573. The fourth-order valence-electron chi connectivity index (χ4n) is 2.66. The Morgan fingerprint density at radius 1 is 1.32 bits per heavy atom. The number of fused-ring (bicyclic) bond motifs is 1. The molecule has 0 amide bonds. The largest absolute Gasteiger partial charge is 0.333 e. The van der Waals surface area contributed by atoms with E-state index in [2.05, 4.69) is 45.8 Å². The van der Waals surface area contributed by atoms with Crippen molar-refractivity contribution >= 4 is 0 Å². The summed E-state index contributed by atoms with van der Waals surface area (Å²) in [6.07, 6.45) is 3.95. The predicted molar refractivity (Wildman–Crippen MR) is 75.4 cm³/mol. The molecule has 2 heterocycles. The normalized spacial score (nSPS) is 15.5. The van der Waals surface area contributed by atoms with Crippen molar-refractivity contribution in [1.82, 2.24) is 14.5 Å². The lowest BCUT2D eigenvalue weighted by Crippen LogP contribution is -2.33. The monoisotopic (exact) mass is 256 g/mol. The van der Waals surface area contributed by atoms with Crippen LogP contribution in [0.4, 0.5) is 0 Å². The van der Waals surface area contributed by atoms with Crippen molar-refractivity contribution in [3.63, 3.8) is 0 Å². The van der Waals surface area contributed by atoms with E-state index in [0.717, 1.165) is 26.2 Å². The number of imidazole rings is 1. The van der Waals surface area contributed by atoms with Crippen molar-refractivity contribution in [2.45, 2.75) is 33.1 Å². The van der Waals surface area contributed by atoms with Gasteiger partial charge in [-0.25, -0.2) is 4.98 Å². The third-order valence-electron chi connectivity index (χ3n) is 3.86. The summed E-state index contributed by atoms with van der Waals surface area (Å²) in [6, 6.07) is 6.53. The van der Waals surface area contributed by atoms with Crippen molar-refractivity contribution in [3.05, 3.63) is 53.1 Å². The summed E-state index contributed by atoms with van der Waals surface area (Å²) < 4.78 is 2.24. The molecule has 0 spiro atoms. The van der Waals surface area contributed by atoms with E-state index in [-0.39, 0.29) is 0 Å². The minimum atomic E-state index is 0.613. The highest BCUT2D eigenvalue weighted by Crippen LogP contribution is 2.17. The molecule has 1 aliphatic heterocycles. The molecule has 100 valence electrons. The molecule has 2 aromatic rings. The fraction of sp³-hybridized carbons (Fsp3) is 0.400.